The topological polar surface area (TPSA) is 61.4 Å². The van der Waals surface area contributed by atoms with E-state index in [1.54, 1.807) is 35.6 Å². The Morgan fingerprint density at radius 2 is 1.88 bits per heavy atom. The van der Waals surface area contributed by atoms with E-state index in [4.69, 9.17) is 11.6 Å². The highest BCUT2D eigenvalue weighted by Crippen LogP contribution is 2.19. The van der Waals surface area contributed by atoms with Gasteiger partial charge in [-0.05, 0) is 67.2 Å². The highest BCUT2D eigenvalue weighted by molar-refractivity contribution is 7.07. The lowest BCUT2D eigenvalue weighted by Crippen LogP contribution is -2.34. The molecule has 2 rings (SSSR count). The molecule has 2 amide bonds. The minimum atomic E-state index is -0.160. The van der Waals surface area contributed by atoms with Crippen LogP contribution in [0, 0.1) is 0 Å². The molecule has 1 atom stereocenters. The zero-order chi connectivity index (χ0) is 18.9. The average Bonchev–Trinajstić information content (AvgIpc) is 3.13. The van der Waals surface area contributed by atoms with Gasteiger partial charge < -0.3 is 15.5 Å². The summed E-state index contributed by atoms with van der Waals surface area (Å²) < 4.78 is 0. The third kappa shape index (κ3) is 6.44. The van der Waals surface area contributed by atoms with E-state index in [-0.39, 0.29) is 17.9 Å². The first-order valence-electron chi connectivity index (χ1n) is 8.46. The first-order valence-corrected chi connectivity index (χ1v) is 9.78. The number of likely N-dealkylation sites (N-methyl/N-ethyl adjacent to an activating group) is 1. The molecular formula is C19H24ClN3O2S. The number of thiophene rings is 1. The summed E-state index contributed by atoms with van der Waals surface area (Å²) in [6.45, 7) is 1.02. The molecule has 140 valence electrons. The maximum Gasteiger partial charge on any atom is 0.251 e. The van der Waals surface area contributed by atoms with Gasteiger partial charge in [-0.1, -0.05) is 11.6 Å². The van der Waals surface area contributed by atoms with Gasteiger partial charge in [0.1, 0.15) is 0 Å². The van der Waals surface area contributed by atoms with E-state index in [1.807, 2.05) is 19.5 Å². The molecule has 0 saturated carbocycles. The number of benzene rings is 1. The predicted octanol–water partition coefficient (Wildman–Crippen LogP) is 3.33. The summed E-state index contributed by atoms with van der Waals surface area (Å²) in [5.74, 6) is -0.167. The Balaban J connectivity index is 1.67. The van der Waals surface area contributed by atoms with Crippen molar-refractivity contribution in [3.05, 3.63) is 57.2 Å². The van der Waals surface area contributed by atoms with Crippen LogP contribution in [0.1, 0.15) is 34.8 Å². The Bertz CT molecular complexity index is 702. The summed E-state index contributed by atoms with van der Waals surface area (Å²) in [5, 5.41) is 10.5. The first kappa shape index (κ1) is 20.4. The van der Waals surface area contributed by atoms with Crippen LogP contribution in [0.5, 0.6) is 0 Å². The molecule has 0 aliphatic carbocycles. The van der Waals surface area contributed by atoms with E-state index in [0.29, 0.717) is 36.5 Å². The van der Waals surface area contributed by atoms with E-state index in [2.05, 4.69) is 27.0 Å². The molecule has 7 heteroatoms. The van der Waals surface area contributed by atoms with Crippen molar-refractivity contribution in [3.63, 3.8) is 0 Å². The maximum absolute atomic E-state index is 12.0. The van der Waals surface area contributed by atoms with Crippen LogP contribution in [-0.4, -0.2) is 43.9 Å². The molecule has 2 N–H and O–H groups in total. The fourth-order valence-electron chi connectivity index (χ4n) is 2.52. The van der Waals surface area contributed by atoms with Gasteiger partial charge in [-0.2, -0.15) is 11.3 Å². The van der Waals surface area contributed by atoms with Crippen LogP contribution in [0.3, 0.4) is 0 Å². The van der Waals surface area contributed by atoms with Crippen LogP contribution in [0.2, 0.25) is 5.02 Å². The summed E-state index contributed by atoms with van der Waals surface area (Å²) in [6, 6.07) is 8.95. The molecule has 2 aromatic rings. The van der Waals surface area contributed by atoms with Crippen molar-refractivity contribution in [2.75, 3.05) is 27.2 Å². The average molecular weight is 394 g/mol. The van der Waals surface area contributed by atoms with Gasteiger partial charge >= 0.3 is 0 Å². The fraction of sp³-hybridized carbons (Fsp3) is 0.368. The smallest absolute Gasteiger partial charge is 0.251 e. The van der Waals surface area contributed by atoms with E-state index < -0.39 is 0 Å². The number of amides is 2. The zero-order valence-corrected chi connectivity index (χ0v) is 16.6. The third-order valence-corrected chi connectivity index (χ3v) is 4.97. The second kappa shape index (κ2) is 10.3. The molecule has 0 radical (unpaired) electrons. The lowest BCUT2D eigenvalue weighted by molar-refractivity contribution is -0.121. The van der Waals surface area contributed by atoms with E-state index >= 15 is 0 Å². The highest BCUT2D eigenvalue weighted by atomic mass is 35.5. The second-order valence-corrected chi connectivity index (χ2v) is 7.42. The molecular weight excluding hydrogens is 370 g/mol. The molecule has 0 aliphatic rings. The lowest BCUT2D eigenvalue weighted by atomic mass is 10.1. The Kier molecular flexibility index (Phi) is 8.09. The number of carbonyl (C=O) groups is 2. The minimum absolute atomic E-state index is 0.00665. The summed E-state index contributed by atoms with van der Waals surface area (Å²) >= 11 is 7.45. The zero-order valence-electron chi connectivity index (χ0n) is 15.0. The van der Waals surface area contributed by atoms with Crippen molar-refractivity contribution < 1.29 is 9.59 Å². The van der Waals surface area contributed by atoms with Gasteiger partial charge in [0.2, 0.25) is 5.91 Å². The van der Waals surface area contributed by atoms with Crippen molar-refractivity contribution in [2.24, 2.45) is 0 Å². The van der Waals surface area contributed by atoms with Crippen LogP contribution in [-0.2, 0) is 4.79 Å². The maximum atomic E-state index is 12.0. The van der Waals surface area contributed by atoms with Crippen molar-refractivity contribution in [1.29, 1.82) is 0 Å². The Hall–Kier alpha value is -1.89. The van der Waals surface area contributed by atoms with Crippen molar-refractivity contribution in [1.82, 2.24) is 15.5 Å². The van der Waals surface area contributed by atoms with Gasteiger partial charge in [0, 0.05) is 30.1 Å². The summed E-state index contributed by atoms with van der Waals surface area (Å²) in [5.41, 5.74) is 1.76. The Morgan fingerprint density at radius 1 is 1.15 bits per heavy atom. The van der Waals surface area contributed by atoms with Crippen LogP contribution in [0.25, 0.3) is 0 Å². The molecule has 26 heavy (non-hydrogen) atoms. The number of hydrogen-bond acceptors (Lipinski definition) is 4. The number of rotatable bonds is 9. The second-order valence-electron chi connectivity index (χ2n) is 6.21. The number of hydrogen-bond donors (Lipinski definition) is 2. The molecule has 0 spiro atoms. The number of nitrogens with zero attached hydrogens (tertiary/aromatic N) is 1. The van der Waals surface area contributed by atoms with E-state index in [1.165, 1.54) is 5.56 Å². The quantitative estimate of drug-likeness (QED) is 0.642. The monoisotopic (exact) mass is 393 g/mol. The number of nitrogens with one attached hydrogen (secondary N) is 2. The summed E-state index contributed by atoms with van der Waals surface area (Å²) in [4.78, 5) is 26.1. The lowest BCUT2D eigenvalue weighted by Gasteiger charge is -2.24. The largest absolute Gasteiger partial charge is 0.354 e. The van der Waals surface area contributed by atoms with Crippen molar-refractivity contribution >= 4 is 34.8 Å². The van der Waals surface area contributed by atoms with E-state index in [0.717, 1.165) is 0 Å². The highest BCUT2D eigenvalue weighted by Gasteiger charge is 2.15. The van der Waals surface area contributed by atoms with Gasteiger partial charge in [-0.15, -0.1) is 0 Å². The van der Waals surface area contributed by atoms with Gasteiger partial charge in [0.05, 0.1) is 6.04 Å². The van der Waals surface area contributed by atoms with Gasteiger partial charge in [0.25, 0.3) is 5.91 Å². The Labute approximate surface area is 163 Å². The van der Waals surface area contributed by atoms with Gasteiger partial charge in [-0.25, -0.2) is 0 Å². The molecule has 1 heterocycles. The summed E-state index contributed by atoms with van der Waals surface area (Å²) in [6.07, 6.45) is 0.973. The van der Waals surface area contributed by atoms with Gasteiger partial charge in [0.15, 0.2) is 0 Å². The standard InChI is InChI=1S/C19H24ClN3O2S/c1-23(2)17(15-9-11-26-13-15)12-22-18(24)4-3-10-21-19(25)14-5-7-16(20)8-6-14/h5-9,11,13,17H,3-4,10,12H2,1-2H3,(H,21,25)(H,22,24). The van der Waals surface area contributed by atoms with Crippen LogP contribution < -0.4 is 10.6 Å². The van der Waals surface area contributed by atoms with Crippen LogP contribution in [0.4, 0.5) is 0 Å². The molecule has 1 unspecified atom stereocenters. The number of carbonyl (C=O) groups excluding carboxylic acids is 2. The van der Waals surface area contributed by atoms with Crippen LogP contribution >= 0.6 is 22.9 Å². The van der Waals surface area contributed by atoms with E-state index in [9.17, 15) is 9.59 Å². The molecule has 1 aromatic heterocycles. The minimum Gasteiger partial charge on any atom is -0.354 e. The van der Waals surface area contributed by atoms with Crippen molar-refractivity contribution in [3.8, 4) is 0 Å². The van der Waals surface area contributed by atoms with Crippen LogP contribution in [0.15, 0.2) is 41.1 Å². The number of halogens is 1. The molecule has 0 bridgehead atoms. The summed E-state index contributed by atoms with van der Waals surface area (Å²) in [7, 11) is 4.00. The molecule has 0 saturated heterocycles. The van der Waals surface area contributed by atoms with Gasteiger partial charge in [-0.3, -0.25) is 9.59 Å². The molecule has 1 aromatic carbocycles. The SMILES string of the molecule is CN(C)C(CNC(=O)CCCNC(=O)c1ccc(Cl)cc1)c1ccsc1. The third-order valence-electron chi connectivity index (χ3n) is 4.02. The fourth-order valence-corrected chi connectivity index (χ4v) is 3.35. The predicted molar refractivity (Wildman–Crippen MR) is 107 cm³/mol. The molecule has 5 nitrogen and oxygen atoms in total. The molecule has 0 fully saturated rings. The normalized spacial score (nSPS) is 12.0. The molecule has 0 aliphatic heterocycles. The van der Waals surface area contributed by atoms with Crippen molar-refractivity contribution in [2.45, 2.75) is 18.9 Å². The Morgan fingerprint density at radius 3 is 2.50 bits per heavy atom. The first-order chi connectivity index (χ1) is 12.5.